The predicted octanol–water partition coefficient (Wildman–Crippen LogP) is 3.67. The predicted molar refractivity (Wildman–Crippen MR) is 62.6 cm³/mol. The number of rotatable bonds is 2. The average Bonchev–Trinajstić information content (AvgIpc) is 2.68. The summed E-state index contributed by atoms with van der Waals surface area (Å²) in [6.07, 6.45) is 3.04. The average molecular weight is 240 g/mol. The maximum absolute atomic E-state index is 13.9. The van der Waals surface area contributed by atoms with Gasteiger partial charge in [0.1, 0.15) is 0 Å². The van der Waals surface area contributed by atoms with Gasteiger partial charge in [0.2, 0.25) is 0 Å². The number of hydrogen-bond acceptors (Lipinski definition) is 1. The lowest BCUT2D eigenvalue weighted by Gasteiger charge is -2.30. The van der Waals surface area contributed by atoms with E-state index >= 15 is 0 Å². The van der Waals surface area contributed by atoms with Gasteiger partial charge in [-0.25, -0.2) is 8.78 Å². The molecule has 2 unspecified atom stereocenters. The monoisotopic (exact) mass is 240 g/mol. The summed E-state index contributed by atoms with van der Waals surface area (Å²) in [5.41, 5.74) is -0.779. The van der Waals surface area contributed by atoms with Crippen molar-refractivity contribution in [3.8, 4) is 0 Å². The fourth-order valence-electron chi connectivity index (χ4n) is 2.94. The Hall–Kier alpha value is -0.960. The summed E-state index contributed by atoms with van der Waals surface area (Å²) in [4.78, 5) is 0. The third-order valence-corrected chi connectivity index (χ3v) is 4.02. The smallest absolute Gasteiger partial charge is 0.165 e. The largest absolute Gasteiger partial charge is 0.385 e. The van der Waals surface area contributed by atoms with E-state index in [9.17, 15) is 13.9 Å². The van der Waals surface area contributed by atoms with E-state index in [2.05, 4.69) is 0 Å². The molecule has 0 heterocycles. The molecule has 1 aromatic carbocycles. The summed E-state index contributed by atoms with van der Waals surface area (Å²) in [6, 6.07) is 3.07. The van der Waals surface area contributed by atoms with Crippen LogP contribution in [0.5, 0.6) is 0 Å². The van der Waals surface area contributed by atoms with Crippen LogP contribution in [0.3, 0.4) is 0 Å². The number of aliphatic hydroxyl groups is 1. The lowest BCUT2D eigenvalue weighted by Crippen LogP contribution is -2.31. The molecule has 1 saturated carbocycles. The first-order valence-corrected chi connectivity index (χ1v) is 6.18. The van der Waals surface area contributed by atoms with Gasteiger partial charge in [0.05, 0.1) is 5.60 Å². The Balaban J connectivity index is 2.50. The van der Waals surface area contributed by atoms with Crippen LogP contribution in [-0.4, -0.2) is 5.11 Å². The molecule has 94 valence electrons. The van der Waals surface area contributed by atoms with Crippen molar-refractivity contribution in [1.82, 2.24) is 0 Å². The molecule has 1 aliphatic rings. The van der Waals surface area contributed by atoms with Gasteiger partial charge in [-0.3, -0.25) is 0 Å². The Kier molecular flexibility index (Phi) is 3.21. The summed E-state index contributed by atoms with van der Waals surface area (Å²) in [6.45, 7) is 3.50. The van der Waals surface area contributed by atoms with E-state index in [1.807, 2.05) is 6.92 Å². The molecule has 3 heteroatoms. The van der Waals surface area contributed by atoms with Crippen LogP contribution < -0.4 is 0 Å². The molecule has 1 fully saturated rings. The lowest BCUT2D eigenvalue weighted by atomic mass is 9.82. The molecule has 2 rings (SSSR count). The minimum atomic E-state index is -1.19. The highest BCUT2D eigenvalue weighted by atomic mass is 19.2. The highest BCUT2D eigenvalue weighted by Crippen LogP contribution is 2.46. The molecule has 0 radical (unpaired) electrons. The van der Waals surface area contributed by atoms with Gasteiger partial charge in [0.15, 0.2) is 11.6 Å². The first-order valence-electron chi connectivity index (χ1n) is 6.18. The second kappa shape index (κ2) is 4.37. The summed E-state index contributed by atoms with van der Waals surface area (Å²) >= 11 is 0. The van der Waals surface area contributed by atoms with Crippen molar-refractivity contribution in [3.63, 3.8) is 0 Å². The SMILES string of the molecule is CCC1CCCC1(O)c1ccc(C)c(F)c1F. The van der Waals surface area contributed by atoms with E-state index in [0.29, 0.717) is 6.42 Å². The summed E-state index contributed by atoms with van der Waals surface area (Å²) < 4.78 is 27.5. The zero-order valence-corrected chi connectivity index (χ0v) is 10.3. The Morgan fingerprint density at radius 3 is 2.71 bits per heavy atom. The van der Waals surface area contributed by atoms with Gasteiger partial charge in [0, 0.05) is 5.56 Å². The van der Waals surface area contributed by atoms with Crippen LogP contribution in [0.4, 0.5) is 8.78 Å². The molecule has 2 atom stereocenters. The Bertz CT molecular complexity index is 430. The van der Waals surface area contributed by atoms with Crippen LogP contribution in [0.2, 0.25) is 0 Å². The van der Waals surface area contributed by atoms with Gasteiger partial charge in [0.25, 0.3) is 0 Å². The number of benzene rings is 1. The molecule has 0 spiro atoms. The van der Waals surface area contributed by atoms with Gasteiger partial charge >= 0.3 is 0 Å². The van der Waals surface area contributed by atoms with Crippen LogP contribution in [0, 0.1) is 24.5 Å². The molecule has 17 heavy (non-hydrogen) atoms. The van der Waals surface area contributed by atoms with Crippen molar-refractivity contribution in [2.75, 3.05) is 0 Å². The normalized spacial score (nSPS) is 28.6. The second-order valence-corrected chi connectivity index (χ2v) is 4.98. The Labute approximate surface area is 100 Å². The highest BCUT2D eigenvalue weighted by Gasteiger charge is 2.43. The molecule has 1 aromatic rings. The molecule has 0 saturated heterocycles. The van der Waals surface area contributed by atoms with Crippen molar-refractivity contribution in [2.45, 2.75) is 45.1 Å². The van der Waals surface area contributed by atoms with Crippen LogP contribution in [-0.2, 0) is 5.60 Å². The molecule has 1 nitrogen and oxygen atoms in total. The van der Waals surface area contributed by atoms with Gasteiger partial charge in [-0.15, -0.1) is 0 Å². The maximum atomic E-state index is 13.9. The molecule has 0 aromatic heterocycles. The fourth-order valence-corrected chi connectivity index (χ4v) is 2.94. The summed E-state index contributed by atoms with van der Waals surface area (Å²) in [5, 5.41) is 10.6. The van der Waals surface area contributed by atoms with Crippen LogP contribution in [0.15, 0.2) is 12.1 Å². The molecule has 0 amide bonds. The van der Waals surface area contributed by atoms with Crippen LogP contribution in [0.25, 0.3) is 0 Å². The van der Waals surface area contributed by atoms with Crippen molar-refractivity contribution < 1.29 is 13.9 Å². The van der Waals surface area contributed by atoms with Crippen molar-refractivity contribution in [3.05, 3.63) is 34.9 Å². The van der Waals surface area contributed by atoms with Gasteiger partial charge < -0.3 is 5.11 Å². The van der Waals surface area contributed by atoms with Gasteiger partial charge in [-0.1, -0.05) is 25.5 Å². The molecule has 1 N–H and O–H groups in total. The van der Waals surface area contributed by atoms with E-state index in [4.69, 9.17) is 0 Å². The first kappa shape index (κ1) is 12.5. The molecule has 1 aliphatic carbocycles. The zero-order chi connectivity index (χ0) is 12.6. The quantitative estimate of drug-likeness (QED) is 0.836. The Morgan fingerprint density at radius 1 is 1.35 bits per heavy atom. The molecule has 0 aliphatic heterocycles. The van der Waals surface area contributed by atoms with Gasteiger partial charge in [-0.2, -0.15) is 0 Å². The second-order valence-electron chi connectivity index (χ2n) is 4.98. The minimum absolute atomic E-state index is 0.0270. The highest BCUT2D eigenvalue weighted by molar-refractivity contribution is 5.31. The van der Waals surface area contributed by atoms with E-state index in [0.717, 1.165) is 19.3 Å². The minimum Gasteiger partial charge on any atom is -0.385 e. The van der Waals surface area contributed by atoms with Crippen LogP contribution in [0.1, 0.15) is 43.7 Å². The topological polar surface area (TPSA) is 20.2 Å². The summed E-state index contributed by atoms with van der Waals surface area (Å²) in [7, 11) is 0. The van der Waals surface area contributed by atoms with Crippen molar-refractivity contribution in [1.29, 1.82) is 0 Å². The third-order valence-electron chi connectivity index (χ3n) is 4.02. The molecular weight excluding hydrogens is 222 g/mol. The van der Waals surface area contributed by atoms with E-state index in [1.54, 1.807) is 0 Å². The van der Waals surface area contributed by atoms with Crippen molar-refractivity contribution in [2.24, 2.45) is 5.92 Å². The first-order chi connectivity index (χ1) is 8.00. The molecule has 0 bridgehead atoms. The van der Waals surface area contributed by atoms with E-state index < -0.39 is 17.2 Å². The number of halogens is 2. The van der Waals surface area contributed by atoms with Gasteiger partial charge in [-0.05, 0) is 37.7 Å². The Morgan fingerprint density at radius 2 is 2.06 bits per heavy atom. The maximum Gasteiger partial charge on any atom is 0.165 e. The summed E-state index contributed by atoms with van der Waals surface area (Å²) in [5.74, 6) is -1.69. The number of hydrogen-bond donors (Lipinski definition) is 1. The van der Waals surface area contributed by atoms with Crippen LogP contribution >= 0.6 is 0 Å². The lowest BCUT2D eigenvalue weighted by molar-refractivity contribution is -0.00761. The van der Waals surface area contributed by atoms with Crippen molar-refractivity contribution >= 4 is 0 Å². The molecular formula is C14H18F2O. The van der Waals surface area contributed by atoms with E-state index in [-0.39, 0.29) is 17.0 Å². The number of aryl methyl sites for hydroxylation is 1. The van der Waals surface area contributed by atoms with E-state index in [1.165, 1.54) is 19.1 Å². The zero-order valence-electron chi connectivity index (χ0n) is 10.3. The third kappa shape index (κ3) is 1.86. The standard InChI is InChI=1S/C14H18F2O/c1-3-10-5-4-8-14(10,17)11-7-6-9(2)12(15)13(11)16/h6-7,10,17H,3-5,8H2,1-2H3. The fraction of sp³-hybridized carbons (Fsp3) is 0.571.